The number of hydrogen-bond acceptors (Lipinski definition) is 10. The van der Waals surface area contributed by atoms with E-state index < -0.39 is 67.5 Å². The second kappa shape index (κ2) is 13.4. The van der Waals surface area contributed by atoms with Gasteiger partial charge in [-0.05, 0) is 27.2 Å². The van der Waals surface area contributed by atoms with E-state index in [4.69, 9.17) is 18.9 Å². The van der Waals surface area contributed by atoms with Crippen molar-refractivity contribution in [1.82, 2.24) is 0 Å². The van der Waals surface area contributed by atoms with E-state index in [0.717, 1.165) is 32.1 Å². The van der Waals surface area contributed by atoms with E-state index in [2.05, 4.69) is 6.92 Å². The van der Waals surface area contributed by atoms with Crippen LogP contribution in [0.15, 0.2) is 0 Å². The number of unbranched alkanes of at least 4 members (excludes halogenated alkanes) is 4. The maximum atomic E-state index is 11.8. The largest absolute Gasteiger partial charge is 0.388 e. The van der Waals surface area contributed by atoms with Gasteiger partial charge in [0.15, 0.2) is 12.6 Å². The van der Waals surface area contributed by atoms with Gasteiger partial charge in [0.1, 0.15) is 42.4 Å². The van der Waals surface area contributed by atoms with Crippen molar-refractivity contribution >= 4 is 5.78 Å². The summed E-state index contributed by atoms with van der Waals surface area (Å²) in [6.07, 6.45) is -7.00. The second-order valence-electron chi connectivity index (χ2n) is 9.34. The van der Waals surface area contributed by atoms with Crippen molar-refractivity contribution in [2.24, 2.45) is 0 Å². The van der Waals surface area contributed by atoms with Gasteiger partial charge in [-0.3, -0.25) is 4.79 Å². The highest BCUT2D eigenvalue weighted by Gasteiger charge is 2.50. The van der Waals surface area contributed by atoms with Gasteiger partial charge in [-0.15, -0.1) is 0 Å². The van der Waals surface area contributed by atoms with E-state index in [0.29, 0.717) is 6.42 Å². The molecule has 0 amide bonds. The summed E-state index contributed by atoms with van der Waals surface area (Å²) >= 11 is 0. The Bertz CT molecular complexity index is 590. The van der Waals surface area contributed by atoms with Crippen molar-refractivity contribution in [3.63, 3.8) is 0 Å². The lowest BCUT2D eigenvalue weighted by Crippen LogP contribution is -2.63. The van der Waals surface area contributed by atoms with Crippen molar-refractivity contribution in [3.05, 3.63) is 0 Å². The minimum absolute atomic E-state index is 0.0487. The van der Waals surface area contributed by atoms with Crippen LogP contribution in [0.4, 0.5) is 0 Å². The molecule has 2 heterocycles. The molecule has 1 unspecified atom stereocenters. The highest BCUT2D eigenvalue weighted by molar-refractivity contribution is 5.75. The highest BCUT2D eigenvalue weighted by atomic mass is 16.8. The SMILES string of the molecule is CCCCCCCC(CC(C)=O)O[C@@H]1O[C@@H](C)[C@H](O)[C@@H](O)[C@H]1O[C@H]1O[C@@H](C)[C@@H](O)[C@H](O)[C@@H]1O. The third-order valence-electron chi connectivity index (χ3n) is 6.36. The smallest absolute Gasteiger partial charge is 0.187 e. The van der Waals surface area contributed by atoms with Crippen molar-refractivity contribution in [3.8, 4) is 0 Å². The van der Waals surface area contributed by atoms with Gasteiger partial charge in [-0.1, -0.05) is 39.0 Å². The molecule has 0 aliphatic carbocycles. The van der Waals surface area contributed by atoms with Crippen LogP contribution in [-0.4, -0.2) is 98.8 Å². The Morgan fingerprint density at radius 2 is 1.39 bits per heavy atom. The third kappa shape index (κ3) is 7.91. The Kier molecular flexibility index (Phi) is 11.6. The number of aliphatic hydroxyl groups excluding tert-OH is 5. The summed E-state index contributed by atoms with van der Waals surface area (Å²) in [6.45, 7) is 6.71. The van der Waals surface area contributed by atoms with Crippen LogP contribution in [0.25, 0.3) is 0 Å². The summed E-state index contributed by atoms with van der Waals surface area (Å²) in [7, 11) is 0. The first kappa shape index (κ1) is 28.5. The number of ether oxygens (including phenoxy) is 4. The van der Waals surface area contributed by atoms with E-state index in [9.17, 15) is 30.3 Å². The number of rotatable bonds is 12. The van der Waals surface area contributed by atoms with Gasteiger partial charge in [0, 0.05) is 6.42 Å². The van der Waals surface area contributed by atoms with Gasteiger partial charge < -0.3 is 44.5 Å². The van der Waals surface area contributed by atoms with Crippen LogP contribution in [0.1, 0.15) is 72.6 Å². The van der Waals surface area contributed by atoms with Crippen LogP contribution in [0.3, 0.4) is 0 Å². The van der Waals surface area contributed by atoms with Crippen LogP contribution in [0.5, 0.6) is 0 Å². The molecule has 10 heteroatoms. The van der Waals surface area contributed by atoms with Gasteiger partial charge in [-0.25, -0.2) is 0 Å². The first-order valence-corrected chi connectivity index (χ1v) is 12.1. The molecular weight excluding hydrogens is 436 g/mol. The van der Waals surface area contributed by atoms with Crippen molar-refractivity contribution in [2.45, 2.75) is 140 Å². The predicted molar refractivity (Wildman–Crippen MR) is 117 cm³/mol. The molecule has 0 radical (unpaired) electrons. The summed E-state index contributed by atoms with van der Waals surface area (Å²) in [5.41, 5.74) is 0. The first-order chi connectivity index (χ1) is 15.6. The molecule has 2 rings (SSSR count). The maximum absolute atomic E-state index is 11.8. The molecule has 0 bridgehead atoms. The van der Waals surface area contributed by atoms with Crippen molar-refractivity contribution in [1.29, 1.82) is 0 Å². The quantitative estimate of drug-likeness (QED) is 0.249. The molecule has 2 saturated heterocycles. The van der Waals surface area contributed by atoms with Crippen LogP contribution >= 0.6 is 0 Å². The Hall–Kier alpha value is -0.690. The average Bonchev–Trinajstić information content (AvgIpc) is 2.76. The lowest BCUT2D eigenvalue weighted by molar-refractivity contribution is -0.366. The molecule has 5 N–H and O–H groups in total. The molecule has 10 nitrogen and oxygen atoms in total. The van der Waals surface area contributed by atoms with E-state index in [1.165, 1.54) is 13.8 Å². The van der Waals surface area contributed by atoms with Gasteiger partial charge in [0.25, 0.3) is 0 Å². The monoisotopic (exact) mass is 478 g/mol. The molecule has 194 valence electrons. The third-order valence-corrected chi connectivity index (χ3v) is 6.36. The maximum Gasteiger partial charge on any atom is 0.187 e. The molecule has 11 atom stereocenters. The van der Waals surface area contributed by atoms with Gasteiger partial charge in [0.05, 0.1) is 18.3 Å². The zero-order valence-electron chi connectivity index (χ0n) is 20.1. The Morgan fingerprint density at radius 1 is 0.818 bits per heavy atom. The minimum atomic E-state index is -1.59. The molecule has 2 aliphatic heterocycles. The normalized spacial score (nSPS) is 40.5. The molecule has 0 aromatic rings. The number of carbonyl (C=O) groups is 1. The second-order valence-corrected chi connectivity index (χ2v) is 9.34. The van der Waals surface area contributed by atoms with Crippen LogP contribution in [-0.2, 0) is 23.7 Å². The molecule has 33 heavy (non-hydrogen) atoms. The zero-order valence-corrected chi connectivity index (χ0v) is 20.1. The summed E-state index contributed by atoms with van der Waals surface area (Å²) in [5.74, 6) is -0.0487. The predicted octanol–water partition coefficient (Wildman–Crippen LogP) is 0.391. The van der Waals surface area contributed by atoms with E-state index in [-0.39, 0.29) is 12.2 Å². The Balaban J connectivity index is 2.11. The summed E-state index contributed by atoms with van der Waals surface area (Å²) < 4.78 is 23.1. The molecule has 2 aliphatic rings. The fourth-order valence-electron chi connectivity index (χ4n) is 4.24. The fraction of sp³-hybridized carbons (Fsp3) is 0.957. The topological polar surface area (TPSA) is 155 Å². The van der Waals surface area contributed by atoms with E-state index in [1.54, 1.807) is 6.92 Å². The lowest BCUT2D eigenvalue weighted by atomic mass is 9.97. The highest BCUT2D eigenvalue weighted by Crippen LogP contribution is 2.31. The molecule has 2 fully saturated rings. The van der Waals surface area contributed by atoms with Crippen molar-refractivity contribution < 1.29 is 49.3 Å². The number of Topliss-reactive ketones (excluding diaryl/α,β-unsaturated/α-hetero) is 1. The van der Waals surface area contributed by atoms with Crippen LogP contribution < -0.4 is 0 Å². The molecule has 0 spiro atoms. The number of hydrogen-bond donors (Lipinski definition) is 5. The Labute approximate surface area is 195 Å². The summed E-state index contributed by atoms with van der Waals surface area (Å²) in [5, 5.41) is 51.3. The summed E-state index contributed by atoms with van der Waals surface area (Å²) in [6, 6.07) is 0. The summed E-state index contributed by atoms with van der Waals surface area (Å²) in [4.78, 5) is 11.8. The Morgan fingerprint density at radius 3 is 2.00 bits per heavy atom. The van der Waals surface area contributed by atoms with Crippen molar-refractivity contribution in [2.75, 3.05) is 0 Å². The van der Waals surface area contributed by atoms with E-state index >= 15 is 0 Å². The number of ketones is 1. The average molecular weight is 479 g/mol. The number of aliphatic hydroxyl groups is 5. The lowest BCUT2D eigenvalue weighted by Gasteiger charge is -2.46. The molecule has 0 saturated carbocycles. The number of carbonyl (C=O) groups excluding carboxylic acids is 1. The zero-order chi connectivity index (χ0) is 24.7. The van der Waals surface area contributed by atoms with Gasteiger partial charge in [0.2, 0.25) is 0 Å². The van der Waals surface area contributed by atoms with Gasteiger partial charge in [-0.2, -0.15) is 0 Å². The fourth-order valence-corrected chi connectivity index (χ4v) is 4.24. The van der Waals surface area contributed by atoms with Gasteiger partial charge >= 0.3 is 0 Å². The van der Waals surface area contributed by atoms with E-state index in [1.807, 2.05) is 0 Å². The molecule has 0 aromatic carbocycles. The minimum Gasteiger partial charge on any atom is -0.388 e. The standard InChI is InChI=1S/C23H42O10/c1-5-6-7-8-9-10-15(11-12(2)24)32-23-21(19(28)17(26)14(4)31-23)33-22-20(29)18(27)16(25)13(3)30-22/h13-23,25-29H,5-11H2,1-4H3/t13-,14-,15?,16+,17-,18-,19+,20-,21+,22+,23-/m0/s1. The van der Waals surface area contributed by atoms with Crippen LogP contribution in [0.2, 0.25) is 0 Å². The first-order valence-electron chi connectivity index (χ1n) is 12.1. The molecular formula is C23H42O10. The molecule has 0 aromatic heterocycles. The van der Waals surface area contributed by atoms with Crippen LogP contribution in [0, 0.1) is 0 Å².